The summed E-state index contributed by atoms with van der Waals surface area (Å²) < 4.78 is 5.63. The minimum absolute atomic E-state index is 0.137. The van der Waals surface area contributed by atoms with Gasteiger partial charge in [-0.05, 0) is 54.6 Å². The maximum Gasteiger partial charge on any atom is 0.348 e. The molecule has 1 N–H and O–H groups in total. The Bertz CT molecular complexity index is 1050. The lowest BCUT2D eigenvalue weighted by Gasteiger charge is -2.26. The fraction of sp³-hybridized carbons (Fsp3) is 0.321. The fourth-order valence-corrected chi connectivity index (χ4v) is 4.96. The fourth-order valence-electron chi connectivity index (χ4n) is 4.96. The molecule has 164 valence electrons. The van der Waals surface area contributed by atoms with E-state index >= 15 is 0 Å². The number of ether oxygens (including phenoxy) is 1. The molecule has 0 bridgehead atoms. The molecular formula is C28H29NO3. The molecule has 0 atom stereocenters. The summed E-state index contributed by atoms with van der Waals surface area (Å²) in [6.07, 6.45) is 5.01. The molecular weight excluding hydrogens is 398 g/mol. The van der Waals surface area contributed by atoms with Crippen LogP contribution in [-0.2, 0) is 28.2 Å². The third-order valence-electron chi connectivity index (χ3n) is 6.78. The number of likely N-dealkylation sites (tertiary alicyclic amines) is 1. The van der Waals surface area contributed by atoms with E-state index in [4.69, 9.17) is 4.74 Å². The lowest BCUT2D eigenvalue weighted by molar-refractivity contribution is -0.163. The van der Waals surface area contributed by atoms with Crippen LogP contribution in [0.2, 0.25) is 0 Å². The van der Waals surface area contributed by atoms with Crippen LogP contribution >= 0.6 is 0 Å². The molecule has 4 heteroatoms. The molecule has 2 aliphatic rings. The summed E-state index contributed by atoms with van der Waals surface area (Å²) in [5.74, 6) is -0.635. The average Bonchev–Trinajstić information content (AvgIpc) is 3.12. The van der Waals surface area contributed by atoms with E-state index in [9.17, 15) is 9.90 Å². The highest BCUT2D eigenvalue weighted by atomic mass is 16.5. The zero-order valence-electron chi connectivity index (χ0n) is 18.3. The third-order valence-corrected chi connectivity index (χ3v) is 6.78. The van der Waals surface area contributed by atoms with Crippen LogP contribution in [0.15, 0.2) is 72.8 Å². The van der Waals surface area contributed by atoms with Crippen molar-refractivity contribution in [2.24, 2.45) is 0 Å². The topological polar surface area (TPSA) is 49.8 Å². The predicted molar refractivity (Wildman–Crippen MR) is 125 cm³/mol. The molecule has 5 rings (SSSR count). The standard InChI is InChI=1S/C28H29NO3/c30-27(28(31)25-10-4-2-8-23(25)24-9-3-5-11-26(24)28)32-20-22-14-12-21(13-15-22)16-19-29-17-6-1-7-18-29/h2-5,8-15,31H,1,6-7,16-20H2. The van der Waals surface area contributed by atoms with E-state index in [0.29, 0.717) is 11.1 Å². The van der Waals surface area contributed by atoms with E-state index < -0.39 is 11.6 Å². The lowest BCUT2D eigenvalue weighted by atomic mass is 9.91. The molecule has 1 aliphatic carbocycles. The maximum absolute atomic E-state index is 13.1. The van der Waals surface area contributed by atoms with Crippen molar-refractivity contribution in [2.45, 2.75) is 37.9 Å². The van der Waals surface area contributed by atoms with Crippen molar-refractivity contribution in [1.82, 2.24) is 4.90 Å². The average molecular weight is 428 g/mol. The van der Waals surface area contributed by atoms with Crippen LogP contribution in [-0.4, -0.2) is 35.6 Å². The van der Waals surface area contributed by atoms with Gasteiger partial charge in [-0.15, -0.1) is 0 Å². The van der Waals surface area contributed by atoms with Gasteiger partial charge in [0.15, 0.2) is 0 Å². The first-order valence-electron chi connectivity index (χ1n) is 11.6. The highest BCUT2D eigenvalue weighted by Gasteiger charge is 2.49. The number of piperidine rings is 1. The highest BCUT2D eigenvalue weighted by Crippen LogP contribution is 2.47. The Labute approximate surface area is 189 Å². The molecule has 3 aromatic rings. The van der Waals surface area contributed by atoms with Crippen molar-refractivity contribution in [3.63, 3.8) is 0 Å². The summed E-state index contributed by atoms with van der Waals surface area (Å²) in [5, 5.41) is 11.5. The highest BCUT2D eigenvalue weighted by molar-refractivity contribution is 5.96. The van der Waals surface area contributed by atoms with Gasteiger partial charge in [0.1, 0.15) is 6.61 Å². The Morgan fingerprint density at radius 2 is 1.38 bits per heavy atom. The van der Waals surface area contributed by atoms with Crippen LogP contribution in [0, 0.1) is 0 Å². The number of hydrogen-bond donors (Lipinski definition) is 1. The van der Waals surface area contributed by atoms with E-state index in [1.165, 1.54) is 37.9 Å². The second kappa shape index (κ2) is 8.89. The SMILES string of the molecule is O=C(OCc1ccc(CCN2CCCCC2)cc1)C1(O)c2ccccc2-c2ccccc21. The quantitative estimate of drug-likeness (QED) is 0.581. The summed E-state index contributed by atoms with van der Waals surface area (Å²) >= 11 is 0. The van der Waals surface area contributed by atoms with Crippen molar-refractivity contribution < 1.29 is 14.6 Å². The molecule has 3 aromatic carbocycles. The Morgan fingerprint density at radius 1 is 0.812 bits per heavy atom. The van der Waals surface area contributed by atoms with E-state index in [-0.39, 0.29) is 6.61 Å². The van der Waals surface area contributed by atoms with Crippen molar-refractivity contribution in [3.8, 4) is 11.1 Å². The summed E-state index contributed by atoms with van der Waals surface area (Å²) in [6.45, 7) is 3.66. The zero-order chi connectivity index (χ0) is 22.0. The number of carbonyl (C=O) groups is 1. The van der Waals surface area contributed by atoms with Gasteiger partial charge in [-0.3, -0.25) is 0 Å². The maximum atomic E-state index is 13.1. The van der Waals surface area contributed by atoms with Gasteiger partial charge in [0.2, 0.25) is 5.60 Å². The van der Waals surface area contributed by atoms with E-state index in [1.807, 2.05) is 48.5 Å². The van der Waals surface area contributed by atoms with E-state index in [1.54, 1.807) is 12.1 Å². The molecule has 0 unspecified atom stereocenters. The molecule has 0 spiro atoms. The Hall–Kier alpha value is -2.95. The molecule has 1 saturated heterocycles. The summed E-state index contributed by atoms with van der Waals surface area (Å²) in [4.78, 5) is 15.7. The summed E-state index contributed by atoms with van der Waals surface area (Å²) in [6, 6.07) is 23.2. The first-order chi connectivity index (χ1) is 15.7. The van der Waals surface area contributed by atoms with E-state index in [2.05, 4.69) is 17.0 Å². The van der Waals surface area contributed by atoms with Crippen LogP contribution in [0.4, 0.5) is 0 Å². The molecule has 0 radical (unpaired) electrons. The van der Waals surface area contributed by atoms with Crippen molar-refractivity contribution >= 4 is 5.97 Å². The van der Waals surface area contributed by atoms with Crippen molar-refractivity contribution in [3.05, 3.63) is 95.1 Å². The van der Waals surface area contributed by atoms with Crippen LogP contribution in [0.1, 0.15) is 41.5 Å². The monoisotopic (exact) mass is 427 g/mol. The normalized spacial score (nSPS) is 16.9. The largest absolute Gasteiger partial charge is 0.458 e. The summed E-state index contributed by atoms with van der Waals surface area (Å²) in [5.41, 5.74) is 3.35. The Kier molecular flexibility index (Phi) is 5.81. The number of esters is 1. The lowest BCUT2D eigenvalue weighted by Crippen LogP contribution is -2.36. The van der Waals surface area contributed by atoms with Gasteiger partial charge >= 0.3 is 5.97 Å². The molecule has 4 nitrogen and oxygen atoms in total. The number of hydrogen-bond acceptors (Lipinski definition) is 4. The number of aliphatic hydroxyl groups is 1. The van der Waals surface area contributed by atoms with Crippen molar-refractivity contribution in [2.75, 3.05) is 19.6 Å². The van der Waals surface area contributed by atoms with Gasteiger partial charge in [-0.1, -0.05) is 79.2 Å². The second-order valence-corrected chi connectivity index (χ2v) is 8.85. The van der Waals surface area contributed by atoms with Gasteiger partial charge in [0, 0.05) is 17.7 Å². The molecule has 32 heavy (non-hydrogen) atoms. The molecule has 0 amide bonds. The molecule has 0 aromatic heterocycles. The minimum Gasteiger partial charge on any atom is -0.458 e. The van der Waals surface area contributed by atoms with Crippen LogP contribution in [0.3, 0.4) is 0 Å². The van der Waals surface area contributed by atoms with Crippen LogP contribution in [0.25, 0.3) is 11.1 Å². The van der Waals surface area contributed by atoms with Gasteiger partial charge in [-0.25, -0.2) is 4.79 Å². The van der Waals surface area contributed by atoms with Crippen LogP contribution < -0.4 is 0 Å². The number of fused-ring (bicyclic) bond motifs is 3. The number of rotatable bonds is 6. The Balaban J connectivity index is 1.25. The van der Waals surface area contributed by atoms with Gasteiger partial charge in [-0.2, -0.15) is 0 Å². The van der Waals surface area contributed by atoms with E-state index in [0.717, 1.165) is 29.7 Å². The minimum atomic E-state index is -1.78. The second-order valence-electron chi connectivity index (χ2n) is 8.85. The smallest absolute Gasteiger partial charge is 0.348 e. The molecule has 1 fully saturated rings. The zero-order valence-corrected chi connectivity index (χ0v) is 18.3. The molecule has 1 aliphatic heterocycles. The summed E-state index contributed by atoms with van der Waals surface area (Å²) in [7, 11) is 0. The number of carbonyl (C=O) groups excluding carboxylic acids is 1. The first-order valence-corrected chi connectivity index (χ1v) is 11.6. The number of benzene rings is 3. The Morgan fingerprint density at radius 3 is 2.00 bits per heavy atom. The van der Waals surface area contributed by atoms with Crippen molar-refractivity contribution in [1.29, 1.82) is 0 Å². The first kappa shape index (κ1) is 20.9. The molecule has 1 heterocycles. The third kappa shape index (κ3) is 3.85. The van der Waals surface area contributed by atoms with Crippen LogP contribution in [0.5, 0.6) is 0 Å². The van der Waals surface area contributed by atoms with Gasteiger partial charge in [0.05, 0.1) is 0 Å². The predicted octanol–water partition coefficient (Wildman–Crippen LogP) is 4.67. The number of nitrogens with zero attached hydrogens (tertiary/aromatic N) is 1. The van der Waals surface area contributed by atoms with Gasteiger partial charge < -0.3 is 14.7 Å². The van der Waals surface area contributed by atoms with Gasteiger partial charge in [0.25, 0.3) is 0 Å². The molecule has 0 saturated carbocycles.